The number of benzene rings is 3. The van der Waals surface area contributed by atoms with Crippen LogP contribution in [-0.2, 0) is 9.59 Å². The zero-order valence-corrected chi connectivity index (χ0v) is 22.8. The largest absolute Gasteiger partial charge is 0.490 e. The fourth-order valence-corrected chi connectivity index (χ4v) is 5.05. The van der Waals surface area contributed by atoms with Gasteiger partial charge in [0.05, 0.1) is 17.2 Å². The van der Waals surface area contributed by atoms with E-state index in [9.17, 15) is 9.59 Å². The van der Waals surface area contributed by atoms with Crippen molar-refractivity contribution in [2.75, 3.05) is 23.4 Å². The number of carbonyl (C=O) groups is 2. The molecule has 1 aliphatic heterocycles. The highest BCUT2D eigenvalue weighted by molar-refractivity contribution is 8.27. The molecule has 1 saturated heterocycles. The number of carbonyl (C=O) groups excluding carboxylic acids is 2. The van der Waals surface area contributed by atoms with Crippen LogP contribution in [0.25, 0.3) is 6.08 Å². The minimum Gasteiger partial charge on any atom is -0.490 e. The van der Waals surface area contributed by atoms with Gasteiger partial charge < -0.3 is 14.8 Å². The molecule has 0 aromatic heterocycles. The number of rotatable bonds is 8. The third-order valence-corrected chi connectivity index (χ3v) is 7.19. The van der Waals surface area contributed by atoms with Gasteiger partial charge in [-0.05, 0) is 86.4 Å². The van der Waals surface area contributed by atoms with Gasteiger partial charge in [-0.15, -0.1) is 0 Å². The average molecular weight is 533 g/mol. The Kier molecular flexibility index (Phi) is 8.31. The summed E-state index contributed by atoms with van der Waals surface area (Å²) in [6.07, 6.45) is 1.79. The molecule has 1 aliphatic rings. The van der Waals surface area contributed by atoms with Crippen molar-refractivity contribution in [1.82, 2.24) is 0 Å². The molecule has 6 nitrogen and oxygen atoms in total. The Labute approximate surface area is 226 Å². The molecule has 0 unspecified atom stereocenters. The maximum atomic E-state index is 13.2. The van der Waals surface area contributed by atoms with Crippen LogP contribution in [-0.4, -0.2) is 29.3 Å². The SMILES string of the molecule is CCOc1cc(C=C2SC(=S)N(c3ccc(C)c(C)c3)C2=O)ccc1OCC(=O)Nc1ccccc1C. The second kappa shape index (κ2) is 11.6. The second-order valence-corrected chi connectivity index (χ2v) is 10.3. The summed E-state index contributed by atoms with van der Waals surface area (Å²) in [5.74, 6) is 0.506. The quantitative estimate of drug-likeness (QED) is 0.266. The van der Waals surface area contributed by atoms with E-state index in [-0.39, 0.29) is 18.4 Å². The first-order chi connectivity index (χ1) is 17.8. The highest BCUT2D eigenvalue weighted by atomic mass is 32.2. The Morgan fingerprint density at radius 1 is 0.973 bits per heavy atom. The number of ether oxygens (including phenoxy) is 2. The maximum absolute atomic E-state index is 13.2. The van der Waals surface area contributed by atoms with Gasteiger partial charge in [0, 0.05) is 5.69 Å². The van der Waals surface area contributed by atoms with E-state index in [4.69, 9.17) is 21.7 Å². The van der Waals surface area contributed by atoms with Crippen LogP contribution in [0, 0.1) is 20.8 Å². The van der Waals surface area contributed by atoms with Crippen LogP contribution in [0.4, 0.5) is 11.4 Å². The van der Waals surface area contributed by atoms with Crippen LogP contribution in [0.3, 0.4) is 0 Å². The molecular weight excluding hydrogens is 504 g/mol. The van der Waals surface area contributed by atoms with Crippen LogP contribution in [0.1, 0.15) is 29.2 Å². The van der Waals surface area contributed by atoms with Crippen molar-refractivity contribution in [3.05, 3.63) is 87.8 Å². The number of hydrogen-bond donors (Lipinski definition) is 1. The van der Waals surface area contributed by atoms with Gasteiger partial charge in [-0.2, -0.15) is 0 Å². The third kappa shape index (κ3) is 6.21. The molecule has 0 radical (unpaired) electrons. The number of nitrogens with one attached hydrogen (secondary N) is 1. The minimum absolute atomic E-state index is 0.163. The van der Waals surface area contributed by atoms with Crippen LogP contribution >= 0.6 is 24.0 Å². The molecule has 0 saturated carbocycles. The fraction of sp³-hybridized carbons (Fsp3) is 0.207. The van der Waals surface area contributed by atoms with Crippen LogP contribution in [0.5, 0.6) is 11.5 Å². The summed E-state index contributed by atoms with van der Waals surface area (Å²) in [7, 11) is 0. The molecule has 1 fully saturated rings. The van der Waals surface area contributed by atoms with E-state index in [0.717, 1.165) is 33.6 Å². The van der Waals surface area contributed by atoms with E-state index in [1.807, 2.05) is 76.2 Å². The predicted molar refractivity (Wildman–Crippen MR) is 154 cm³/mol. The number of hydrogen-bond acceptors (Lipinski definition) is 6. The van der Waals surface area contributed by atoms with Gasteiger partial charge >= 0.3 is 0 Å². The monoisotopic (exact) mass is 532 g/mol. The fourth-order valence-electron chi connectivity index (χ4n) is 3.75. The number of aryl methyl sites for hydroxylation is 3. The summed E-state index contributed by atoms with van der Waals surface area (Å²) < 4.78 is 12.0. The molecule has 0 atom stereocenters. The Morgan fingerprint density at radius 2 is 1.76 bits per heavy atom. The van der Waals surface area contributed by atoms with Gasteiger partial charge in [0.1, 0.15) is 0 Å². The summed E-state index contributed by atoms with van der Waals surface area (Å²) in [6, 6.07) is 18.8. The number of para-hydroxylation sites is 1. The van der Waals surface area contributed by atoms with Crippen molar-refractivity contribution >= 4 is 57.6 Å². The Morgan fingerprint density at radius 3 is 2.49 bits per heavy atom. The molecule has 2 amide bonds. The number of thioether (sulfide) groups is 1. The Hall–Kier alpha value is -3.62. The first kappa shape index (κ1) is 26.4. The summed E-state index contributed by atoms with van der Waals surface area (Å²) in [5.41, 5.74) is 5.49. The van der Waals surface area contributed by atoms with Crippen LogP contribution in [0.15, 0.2) is 65.6 Å². The normalized spacial score (nSPS) is 14.3. The van der Waals surface area contributed by atoms with E-state index in [2.05, 4.69) is 5.32 Å². The molecule has 1 N–H and O–H groups in total. The first-order valence-corrected chi connectivity index (χ1v) is 13.1. The van der Waals surface area contributed by atoms with Crippen LogP contribution < -0.4 is 19.7 Å². The summed E-state index contributed by atoms with van der Waals surface area (Å²) >= 11 is 6.78. The minimum atomic E-state index is -0.268. The van der Waals surface area contributed by atoms with Gasteiger partial charge in [0.15, 0.2) is 22.4 Å². The Balaban J connectivity index is 1.49. The van der Waals surface area contributed by atoms with E-state index < -0.39 is 0 Å². The van der Waals surface area contributed by atoms with Gasteiger partial charge in [0.2, 0.25) is 0 Å². The van der Waals surface area contributed by atoms with Crippen molar-refractivity contribution in [1.29, 1.82) is 0 Å². The number of nitrogens with zero attached hydrogens (tertiary/aromatic N) is 1. The standard InChI is InChI=1S/C29H28N2O4S2/c1-5-34-25-15-21(11-13-24(25)35-17-27(32)30-23-9-7-6-8-19(23)3)16-26-28(33)31(29(36)37-26)22-12-10-18(2)20(4)14-22/h6-16H,5,17H2,1-4H3,(H,30,32). The number of anilines is 2. The lowest BCUT2D eigenvalue weighted by molar-refractivity contribution is -0.118. The van der Waals surface area contributed by atoms with Crippen molar-refractivity contribution < 1.29 is 19.1 Å². The van der Waals surface area contributed by atoms with E-state index in [0.29, 0.717) is 27.3 Å². The van der Waals surface area contributed by atoms with E-state index in [1.165, 1.54) is 11.8 Å². The van der Waals surface area contributed by atoms with Crippen molar-refractivity contribution in [3.8, 4) is 11.5 Å². The molecule has 3 aromatic carbocycles. The lowest BCUT2D eigenvalue weighted by Crippen LogP contribution is -2.27. The molecule has 3 aromatic rings. The first-order valence-electron chi connectivity index (χ1n) is 11.9. The molecule has 0 spiro atoms. The lowest BCUT2D eigenvalue weighted by Gasteiger charge is -2.16. The molecule has 0 aliphatic carbocycles. The van der Waals surface area contributed by atoms with Crippen molar-refractivity contribution in [2.45, 2.75) is 27.7 Å². The van der Waals surface area contributed by atoms with Crippen molar-refractivity contribution in [3.63, 3.8) is 0 Å². The molecular formula is C29H28N2O4S2. The zero-order valence-electron chi connectivity index (χ0n) is 21.2. The van der Waals surface area contributed by atoms with E-state index in [1.54, 1.807) is 23.1 Å². The zero-order chi connectivity index (χ0) is 26.5. The molecule has 1 heterocycles. The van der Waals surface area contributed by atoms with Gasteiger partial charge in [-0.3, -0.25) is 14.5 Å². The smallest absolute Gasteiger partial charge is 0.270 e. The van der Waals surface area contributed by atoms with E-state index >= 15 is 0 Å². The van der Waals surface area contributed by atoms with Gasteiger partial charge in [-0.1, -0.05) is 54.3 Å². The predicted octanol–water partition coefficient (Wildman–Crippen LogP) is 6.43. The highest BCUT2D eigenvalue weighted by Gasteiger charge is 2.33. The Bertz CT molecular complexity index is 1400. The molecule has 190 valence electrons. The summed E-state index contributed by atoms with van der Waals surface area (Å²) in [4.78, 5) is 27.7. The number of thiocarbonyl (C=S) groups is 1. The highest BCUT2D eigenvalue weighted by Crippen LogP contribution is 2.37. The molecule has 37 heavy (non-hydrogen) atoms. The second-order valence-electron chi connectivity index (χ2n) is 8.58. The molecule has 0 bridgehead atoms. The van der Waals surface area contributed by atoms with Crippen molar-refractivity contribution in [2.24, 2.45) is 0 Å². The molecule has 4 rings (SSSR count). The van der Waals surface area contributed by atoms with Crippen LogP contribution in [0.2, 0.25) is 0 Å². The topological polar surface area (TPSA) is 67.9 Å². The third-order valence-electron chi connectivity index (χ3n) is 5.89. The molecule has 8 heteroatoms. The summed E-state index contributed by atoms with van der Waals surface area (Å²) in [6.45, 7) is 8.10. The number of amides is 2. The lowest BCUT2D eigenvalue weighted by atomic mass is 10.1. The summed E-state index contributed by atoms with van der Waals surface area (Å²) in [5, 5.41) is 2.85. The van der Waals surface area contributed by atoms with Gasteiger partial charge in [-0.25, -0.2) is 0 Å². The maximum Gasteiger partial charge on any atom is 0.270 e. The average Bonchev–Trinajstić information content (AvgIpc) is 3.14. The van der Waals surface area contributed by atoms with Gasteiger partial charge in [0.25, 0.3) is 11.8 Å².